The molecule has 2 fully saturated rings. The molecule has 172 valence electrons. The Labute approximate surface area is 179 Å². The van der Waals surface area contributed by atoms with Crippen molar-refractivity contribution in [3.63, 3.8) is 0 Å². The van der Waals surface area contributed by atoms with Crippen LogP contribution in [-0.2, 0) is 4.79 Å². The second-order valence-electron chi connectivity index (χ2n) is 8.63. The minimum Gasteiger partial charge on any atom is -0.324 e. The van der Waals surface area contributed by atoms with E-state index in [0.717, 1.165) is 25.7 Å². The highest BCUT2D eigenvalue weighted by Crippen LogP contribution is 2.33. The summed E-state index contributed by atoms with van der Waals surface area (Å²) in [4.78, 5) is 30.1. The van der Waals surface area contributed by atoms with Crippen molar-refractivity contribution in [1.82, 2.24) is 15.2 Å². The second kappa shape index (κ2) is 9.42. The lowest BCUT2D eigenvalue weighted by Gasteiger charge is -2.30. The lowest BCUT2D eigenvalue weighted by molar-refractivity contribution is -0.150. The molecule has 0 bridgehead atoms. The summed E-state index contributed by atoms with van der Waals surface area (Å²) in [6, 6.07) is -0.635. The van der Waals surface area contributed by atoms with E-state index in [1.165, 1.54) is 11.1 Å². The van der Waals surface area contributed by atoms with Gasteiger partial charge in [-0.1, -0.05) is 26.7 Å². The van der Waals surface area contributed by atoms with Crippen molar-refractivity contribution in [2.24, 2.45) is 17.6 Å². The first kappa shape index (κ1) is 23.3. The highest BCUT2D eigenvalue weighted by Gasteiger charge is 2.48. The number of hydrogen-bond donors (Lipinski definition) is 3. The van der Waals surface area contributed by atoms with E-state index in [1.807, 2.05) is 5.32 Å². The highest BCUT2D eigenvalue weighted by atomic mass is 19.4. The van der Waals surface area contributed by atoms with E-state index in [2.05, 4.69) is 17.2 Å². The molecule has 0 aromatic carbocycles. The number of halogens is 3. The first-order valence-corrected chi connectivity index (χ1v) is 10.8. The first-order valence-electron chi connectivity index (χ1n) is 10.8. The zero-order valence-corrected chi connectivity index (χ0v) is 17.8. The highest BCUT2D eigenvalue weighted by molar-refractivity contribution is 5.94. The fourth-order valence-electron chi connectivity index (χ4n) is 4.44. The normalized spacial score (nSPS) is 26.3. The molecule has 3 amide bonds. The summed E-state index contributed by atoms with van der Waals surface area (Å²) < 4.78 is 39.1. The fraction of sp³-hybridized carbons (Fsp3) is 0.667. The standard InChI is InChI=1S/C21H30F3N5O2/c1-3-15(29-11-16(21(22,23)24)27-20(29)31)14-8-9-26-17(10-14)28-19(30)18(25)13-6-4-12(2)5-7-13/h8-10,12-13,15-16,18H,3-7,11,25H2,1-2H3,(H,27,31)(H,26,28,30)/t12?,13?,15-,16+,18?/m1/s1. The molecular formula is C21H30F3N5O2. The molecule has 1 saturated heterocycles. The zero-order valence-electron chi connectivity index (χ0n) is 17.8. The Balaban J connectivity index is 1.68. The maximum atomic E-state index is 13.0. The number of alkyl halides is 3. The smallest absolute Gasteiger partial charge is 0.324 e. The maximum Gasteiger partial charge on any atom is 0.410 e. The number of pyridine rings is 1. The summed E-state index contributed by atoms with van der Waals surface area (Å²) in [6.45, 7) is 3.52. The summed E-state index contributed by atoms with van der Waals surface area (Å²) in [6.07, 6.45) is 1.29. The molecule has 1 aromatic rings. The monoisotopic (exact) mass is 441 g/mol. The van der Waals surface area contributed by atoms with Crippen molar-refractivity contribution >= 4 is 17.8 Å². The average molecular weight is 441 g/mol. The lowest BCUT2D eigenvalue weighted by Crippen LogP contribution is -2.43. The van der Waals surface area contributed by atoms with Gasteiger partial charge in [0.2, 0.25) is 5.91 Å². The SMILES string of the molecule is CC[C@H](c1ccnc(NC(=O)C(N)C2CCC(C)CC2)c1)N1C[C@@H](C(F)(F)F)NC1=O. The molecule has 2 heterocycles. The van der Waals surface area contributed by atoms with Crippen LogP contribution >= 0.6 is 0 Å². The van der Waals surface area contributed by atoms with E-state index in [0.29, 0.717) is 17.9 Å². The van der Waals surface area contributed by atoms with E-state index >= 15 is 0 Å². The van der Waals surface area contributed by atoms with Crippen LogP contribution in [0.2, 0.25) is 0 Å². The van der Waals surface area contributed by atoms with Gasteiger partial charge in [-0.25, -0.2) is 9.78 Å². The molecule has 0 spiro atoms. The van der Waals surface area contributed by atoms with Gasteiger partial charge in [0, 0.05) is 6.20 Å². The van der Waals surface area contributed by atoms with E-state index in [-0.39, 0.29) is 17.6 Å². The molecule has 4 N–H and O–H groups in total. The largest absolute Gasteiger partial charge is 0.410 e. The van der Waals surface area contributed by atoms with Gasteiger partial charge in [0.25, 0.3) is 0 Å². The first-order chi connectivity index (χ1) is 14.6. The van der Waals surface area contributed by atoms with Crippen LogP contribution in [-0.4, -0.2) is 46.6 Å². The van der Waals surface area contributed by atoms with Gasteiger partial charge in [0.05, 0.1) is 18.6 Å². The van der Waals surface area contributed by atoms with E-state index in [1.54, 1.807) is 19.1 Å². The Hall–Kier alpha value is -2.36. The molecule has 10 heteroatoms. The van der Waals surface area contributed by atoms with Gasteiger partial charge >= 0.3 is 12.2 Å². The number of hydrogen-bond acceptors (Lipinski definition) is 4. The zero-order chi connectivity index (χ0) is 22.8. The Morgan fingerprint density at radius 2 is 2.03 bits per heavy atom. The molecule has 0 radical (unpaired) electrons. The van der Waals surface area contributed by atoms with E-state index in [4.69, 9.17) is 5.73 Å². The van der Waals surface area contributed by atoms with Crippen LogP contribution < -0.4 is 16.4 Å². The Morgan fingerprint density at radius 3 is 2.61 bits per heavy atom. The molecule has 1 saturated carbocycles. The Morgan fingerprint density at radius 1 is 1.35 bits per heavy atom. The summed E-state index contributed by atoms with van der Waals surface area (Å²) in [7, 11) is 0. The number of anilines is 1. The van der Waals surface area contributed by atoms with Gasteiger partial charge in [-0.3, -0.25) is 4.79 Å². The van der Waals surface area contributed by atoms with Crippen molar-refractivity contribution in [3.05, 3.63) is 23.9 Å². The Kier molecular flexibility index (Phi) is 7.08. The van der Waals surface area contributed by atoms with Gasteiger partial charge in [-0.15, -0.1) is 0 Å². The third-order valence-electron chi connectivity index (χ3n) is 6.39. The topological polar surface area (TPSA) is 100 Å². The van der Waals surface area contributed by atoms with Crippen LogP contribution in [0.15, 0.2) is 18.3 Å². The van der Waals surface area contributed by atoms with Gasteiger partial charge in [-0.2, -0.15) is 13.2 Å². The summed E-state index contributed by atoms with van der Waals surface area (Å²) in [5.74, 6) is 0.715. The molecule has 2 aliphatic rings. The second-order valence-corrected chi connectivity index (χ2v) is 8.63. The lowest BCUT2D eigenvalue weighted by atomic mass is 9.79. The molecule has 3 rings (SSSR count). The van der Waals surface area contributed by atoms with Crippen LogP contribution in [0.4, 0.5) is 23.8 Å². The number of aromatic nitrogens is 1. The molecular weight excluding hydrogens is 411 g/mol. The predicted octanol–water partition coefficient (Wildman–Crippen LogP) is 3.58. The number of nitrogens with zero attached hydrogens (tertiary/aromatic N) is 2. The molecule has 1 unspecified atom stereocenters. The van der Waals surface area contributed by atoms with Crippen LogP contribution in [0.3, 0.4) is 0 Å². The molecule has 1 aromatic heterocycles. The van der Waals surface area contributed by atoms with Crippen LogP contribution in [0.5, 0.6) is 0 Å². The van der Waals surface area contributed by atoms with Crippen LogP contribution in [0.1, 0.15) is 57.6 Å². The van der Waals surface area contributed by atoms with Crippen molar-refractivity contribution < 1.29 is 22.8 Å². The summed E-state index contributed by atoms with van der Waals surface area (Å²) in [5, 5.41) is 4.72. The molecule has 1 aliphatic carbocycles. The van der Waals surface area contributed by atoms with Crippen molar-refractivity contribution in [2.75, 3.05) is 11.9 Å². The van der Waals surface area contributed by atoms with Crippen molar-refractivity contribution in [3.8, 4) is 0 Å². The van der Waals surface area contributed by atoms with Gasteiger partial charge in [0.15, 0.2) is 0 Å². The van der Waals surface area contributed by atoms with Crippen LogP contribution in [0.25, 0.3) is 0 Å². The maximum absolute atomic E-state index is 13.0. The fourth-order valence-corrected chi connectivity index (χ4v) is 4.44. The quantitative estimate of drug-likeness (QED) is 0.628. The molecule has 7 nitrogen and oxygen atoms in total. The van der Waals surface area contributed by atoms with Crippen molar-refractivity contribution in [1.29, 1.82) is 0 Å². The van der Waals surface area contributed by atoms with Gasteiger partial charge in [0.1, 0.15) is 11.9 Å². The van der Waals surface area contributed by atoms with E-state index in [9.17, 15) is 22.8 Å². The van der Waals surface area contributed by atoms with Gasteiger partial charge < -0.3 is 21.3 Å². The number of carbonyl (C=O) groups is 2. The minimum absolute atomic E-state index is 0.121. The van der Waals surface area contributed by atoms with Crippen LogP contribution in [0, 0.1) is 11.8 Å². The minimum atomic E-state index is -4.51. The summed E-state index contributed by atoms with van der Waals surface area (Å²) >= 11 is 0. The summed E-state index contributed by atoms with van der Waals surface area (Å²) in [5.41, 5.74) is 6.78. The molecule has 31 heavy (non-hydrogen) atoms. The Bertz CT molecular complexity index is 795. The third kappa shape index (κ3) is 5.47. The number of nitrogens with one attached hydrogen (secondary N) is 2. The number of rotatable bonds is 6. The van der Waals surface area contributed by atoms with Gasteiger partial charge in [-0.05, 0) is 48.8 Å². The number of carbonyl (C=O) groups excluding carboxylic acids is 2. The number of amides is 3. The third-order valence-corrected chi connectivity index (χ3v) is 6.39. The average Bonchev–Trinajstić information content (AvgIpc) is 3.11. The van der Waals surface area contributed by atoms with E-state index < -0.39 is 36.9 Å². The molecule has 3 atom stereocenters. The number of nitrogens with two attached hydrogens (primary N) is 1. The molecule has 1 aliphatic heterocycles. The number of urea groups is 1. The van der Waals surface area contributed by atoms with Crippen molar-refractivity contribution in [2.45, 2.75) is 70.3 Å². The predicted molar refractivity (Wildman–Crippen MR) is 110 cm³/mol.